The smallest absolute Gasteiger partial charge is 0.104 e. The largest absolute Gasteiger partial charge is 0.512 e. The normalized spacial score (nSPS) is 35.4. The Kier molecular flexibility index (Phi) is 10.3. The van der Waals surface area contributed by atoms with Crippen molar-refractivity contribution in [3.63, 3.8) is 0 Å². The maximum atomic E-state index is 10.1. The molecule has 33 heavy (non-hydrogen) atoms. The molecule has 0 heterocycles. The van der Waals surface area contributed by atoms with Gasteiger partial charge < -0.3 is 15.3 Å². The number of rotatable bonds is 7. The van der Waals surface area contributed by atoms with Gasteiger partial charge >= 0.3 is 0 Å². The Morgan fingerprint density at radius 3 is 2.70 bits per heavy atom. The summed E-state index contributed by atoms with van der Waals surface area (Å²) < 4.78 is 0. The monoisotopic (exact) mass is 494 g/mol. The first-order valence-electron chi connectivity index (χ1n) is 12.3. The fraction of sp³-hybridized carbons (Fsp3) is 0.714. The van der Waals surface area contributed by atoms with E-state index in [4.69, 9.17) is 12.6 Å². The molecule has 5 heteroatoms. The Morgan fingerprint density at radius 2 is 2.03 bits per heavy atom. The minimum Gasteiger partial charge on any atom is -0.512 e. The fourth-order valence-electron chi connectivity index (χ4n) is 6.43. The summed E-state index contributed by atoms with van der Waals surface area (Å²) in [6, 6.07) is 0. The third kappa shape index (κ3) is 7.19. The molecule has 2 saturated carbocycles. The number of hydrogen-bond acceptors (Lipinski definition) is 5. The zero-order valence-corrected chi connectivity index (χ0v) is 21.6. The lowest BCUT2D eigenvalue weighted by atomic mass is 9.62. The van der Waals surface area contributed by atoms with Gasteiger partial charge in [-0.2, -0.15) is 12.6 Å². The minimum absolute atomic E-state index is 0. The van der Waals surface area contributed by atoms with E-state index in [0.29, 0.717) is 35.7 Å². The molecule has 0 aliphatic heterocycles. The Balaban J connectivity index is 0.00000385. The molecule has 6 atom stereocenters. The first kappa shape index (κ1) is 28.6. The molecule has 3 aliphatic rings. The van der Waals surface area contributed by atoms with Gasteiger partial charge in [0, 0.05) is 18.3 Å². The van der Waals surface area contributed by atoms with Gasteiger partial charge in [-0.1, -0.05) is 38.7 Å². The average molecular weight is 495 g/mol. The molecule has 3 rings (SSSR count). The van der Waals surface area contributed by atoms with E-state index in [1.807, 2.05) is 0 Å². The van der Waals surface area contributed by atoms with E-state index in [-0.39, 0.29) is 25.4 Å². The first-order valence-corrected chi connectivity index (χ1v) is 13.2. The van der Waals surface area contributed by atoms with E-state index in [2.05, 4.69) is 38.3 Å². The maximum absolute atomic E-state index is 10.1. The van der Waals surface area contributed by atoms with Crippen LogP contribution in [-0.2, 0) is 0 Å². The summed E-state index contributed by atoms with van der Waals surface area (Å²) in [6.07, 6.45) is 16.3. The van der Waals surface area contributed by atoms with Crippen LogP contribution >= 0.6 is 25.3 Å². The SMILES string of the molecule is C.C=C1C=C(O)C[C@H](CO)C/C1=C/C=C1\CCC[C@]2(C)C([C@H](S)CCCC(C)(O)S)CC[C@@H]12. The summed E-state index contributed by atoms with van der Waals surface area (Å²) in [5.74, 6) is 1.56. The Hall–Kier alpha value is -0.620. The third-order valence-electron chi connectivity index (χ3n) is 8.17. The molecule has 3 nitrogen and oxygen atoms in total. The van der Waals surface area contributed by atoms with Crippen LogP contribution in [-0.4, -0.2) is 32.1 Å². The molecule has 2 fully saturated rings. The average Bonchev–Trinajstić information content (AvgIpc) is 2.99. The van der Waals surface area contributed by atoms with Crippen molar-refractivity contribution < 1.29 is 15.3 Å². The molecule has 0 spiro atoms. The summed E-state index contributed by atoms with van der Waals surface area (Å²) in [7, 11) is 0. The van der Waals surface area contributed by atoms with Gasteiger partial charge in [-0.25, -0.2) is 0 Å². The molecule has 2 unspecified atom stereocenters. The summed E-state index contributed by atoms with van der Waals surface area (Å²) in [4.78, 5) is -0.896. The Morgan fingerprint density at radius 1 is 1.30 bits per heavy atom. The van der Waals surface area contributed by atoms with E-state index in [9.17, 15) is 15.3 Å². The zero-order valence-electron chi connectivity index (χ0n) is 19.8. The topological polar surface area (TPSA) is 60.7 Å². The maximum Gasteiger partial charge on any atom is 0.104 e. The number of thiol groups is 2. The summed E-state index contributed by atoms with van der Waals surface area (Å²) in [5.41, 5.74) is 3.80. The predicted octanol–water partition coefficient (Wildman–Crippen LogP) is 7.20. The van der Waals surface area contributed by atoms with Crippen molar-refractivity contribution in [2.45, 2.75) is 95.7 Å². The second kappa shape index (κ2) is 11.9. The highest BCUT2D eigenvalue weighted by Crippen LogP contribution is 2.59. The van der Waals surface area contributed by atoms with Crippen molar-refractivity contribution in [3.05, 3.63) is 47.3 Å². The molecule has 0 aromatic rings. The quantitative estimate of drug-likeness (QED) is 0.192. The number of allylic oxidation sites excluding steroid dienone is 7. The summed E-state index contributed by atoms with van der Waals surface area (Å²) >= 11 is 9.29. The second-order valence-corrected chi connectivity index (χ2v) is 12.5. The van der Waals surface area contributed by atoms with Crippen LogP contribution < -0.4 is 0 Å². The number of fused-ring (bicyclic) bond motifs is 1. The van der Waals surface area contributed by atoms with Crippen molar-refractivity contribution in [2.24, 2.45) is 23.2 Å². The molecular formula is C28H46O3S2. The van der Waals surface area contributed by atoms with E-state index < -0.39 is 4.93 Å². The van der Waals surface area contributed by atoms with Crippen LogP contribution in [0.1, 0.15) is 85.5 Å². The number of aliphatic hydroxyl groups excluding tert-OH is 2. The van der Waals surface area contributed by atoms with E-state index >= 15 is 0 Å². The van der Waals surface area contributed by atoms with Crippen molar-refractivity contribution >= 4 is 25.3 Å². The zero-order chi connectivity index (χ0) is 23.5. The van der Waals surface area contributed by atoms with Crippen LogP contribution in [0.4, 0.5) is 0 Å². The fourth-order valence-corrected chi connectivity index (χ4v) is 7.26. The van der Waals surface area contributed by atoms with Crippen molar-refractivity contribution in [3.8, 4) is 0 Å². The Bertz CT molecular complexity index is 777. The number of aliphatic hydroxyl groups is 3. The van der Waals surface area contributed by atoms with E-state index in [1.165, 1.54) is 25.7 Å². The lowest BCUT2D eigenvalue weighted by Gasteiger charge is -2.44. The standard InChI is InChI=1S/C27H42O3S2.CH4/c1-18-14-22(29)16-19(17-28)15-21(18)9-8-20-6-4-12-26(2)23(20)10-11-24(26)25(31)7-5-13-27(3,30)32;/h8-9,14,19,23-25,28-32H,1,4-7,10-13,15-17H2,2-3H3;1H4/b20-8+,21-9-;/t19-,23+,24?,25-,26+,27?;/m1./s1. The molecule has 3 N–H and O–H groups in total. The van der Waals surface area contributed by atoms with Crippen LogP contribution in [0.3, 0.4) is 0 Å². The van der Waals surface area contributed by atoms with Crippen molar-refractivity contribution in [2.75, 3.05) is 6.61 Å². The van der Waals surface area contributed by atoms with E-state index in [0.717, 1.165) is 36.8 Å². The van der Waals surface area contributed by atoms with Gasteiger partial charge in [-0.15, -0.1) is 12.6 Å². The molecule has 0 aromatic carbocycles. The highest BCUT2D eigenvalue weighted by Gasteiger charge is 2.50. The molecule has 188 valence electrons. The van der Waals surface area contributed by atoms with E-state index in [1.54, 1.807) is 18.6 Å². The Labute approximate surface area is 213 Å². The minimum atomic E-state index is -0.896. The van der Waals surface area contributed by atoms with Gasteiger partial charge in [0.15, 0.2) is 0 Å². The van der Waals surface area contributed by atoms with Crippen LogP contribution in [0.15, 0.2) is 47.3 Å². The molecule has 0 amide bonds. The molecule has 3 aliphatic carbocycles. The highest BCUT2D eigenvalue weighted by molar-refractivity contribution is 7.81. The molecule has 0 aromatic heterocycles. The van der Waals surface area contributed by atoms with Gasteiger partial charge in [0.1, 0.15) is 4.93 Å². The lowest BCUT2D eigenvalue weighted by Crippen LogP contribution is -2.37. The van der Waals surface area contributed by atoms with Gasteiger partial charge in [0.2, 0.25) is 0 Å². The van der Waals surface area contributed by atoms with Crippen LogP contribution in [0, 0.1) is 23.2 Å². The molecular weight excluding hydrogens is 448 g/mol. The van der Waals surface area contributed by atoms with Gasteiger partial charge in [-0.3, -0.25) is 0 Å². The van der Waals surface area contributed by atoms with Gasteiger partial charge in [-0.05, 0) is 105 Å². The second-order valence-electron chi connectivity index (χ2n) is 10.8. The number of hydrogen-bond donors (Lipinski definition) is 5. The van der Waals surface area contributed by atoms with Gasteiger partial charge in [0.05, 0.1) is 5.76 Å². The lowest BCUT2D eigenvalue weighted by molar-refractivity contribution is 0.125. The summed E-state index contributed by atoms with van der Waals surface area (Å²) in [5, 5.41) is 30.0. The van der Waals surface area contributed by atoms with Crippen LogP contribution in [0.25, 0.3) is 0 Å². The first-order chi connectivity index (χ1) is 15.0. The van der Waals surface area contributed by atoms with Crippen molar-refractivity contribution in [1.82, 2.24) is 0 Å². The van der Waals surface area contributed by atoms with Crippen molar-refractivity contribution in [1.29, 1.82) is 0 Å². The van der Waals surface area contributed by atoms with Crippen LogP contribution in [0.2, 0.25) is 0 Å². The highest BCUT2D eigenvalue weighted by atomic mass is 32.1. The predicted molar refractivity (Wildman–Crippen MR) is 147 cm³/mol. The van der Waals surface area contributed by atoms with Gasteiger partial charge in [0.25, 0.3) is 0 Å². The molecule has 0 saturated heterocycles. The molecule has 0 bridgehead atoms. The third-order valence-corrected chi connectivity index (χ3v) is 9.01. The summed E-state index contributed by atoms with van der Waals surface area (Å²) in [6.45, 7) is 8.46. The molecule has 0 radical (unpaired) electrons. The van der Waals surface area contributed by atoms with Crippen LogP contribution in [0.5, 0.6) is 0 Å².